The van der Waals surface area contributed by atoms with Gasteiger partial charge in [-0.15, -0.1) is 0 Å². The van der Waals surface area contributed by atoms with Gasteiger partial charge in [0, 0.05) is 25.0 Å². The van der Waals surface area contributed by atoms with Crippen LogP contribution in [0.4, 0.5) is 0 Å². The fourth-order valence-corrected chi connectivity index (χ4v) is 2.81. The molecule has 0 bridgehead atoms. The molecule has 1 aromatic heterocycles. The van der Waals surface area contributed by atoms with Crippen LogP contribution in [-0.4, -0.2) is 36.1 Å². The van der Waals surface area contributed by atoms with Gasteiger partial charge in [0.2, 0.25) is 0 Å². The van der Waals surface area contributed by atoms with Crippen LogP contribution >= 0.6 is 0 Å². The van der Waals surface area contributed by atoms with Crippen LogP contribution in [0, 0.1) is 11.8 Å². The molecule has 0 aliphatic carbocycles. The van der Waals surface area contributed by atoms with Crippen LogP contribution < -0.4 is 5.32 Å². The molecule has 1 fully saturated rings. The number of pyridine rings is 1. The first-order valence-corrected chi connectivity index (χ1v) is 7.51. The number of nitrogens with zero attached hydrogens (tertiary/aromatic N) is 2. The van der Waals surface area contributed by atoms with E-state index < -0.39 is 0 Å². The van der Waals surface area contributed by atoms with E-state index in [9.17, 15) is 0 Å². The van der Waals surface area contributed by atoms with Gasteiger partial charge in [-0.25, -0.2) is 0 Å². The zero-order valence-electron chi connectivity index (χ0n) is 12.5. The Bertz CT molecular complexity index is 364. The third-order valence-electron chi connectivity index (χ3n) is 4.04. The topological polar surface area (TPSA) is 28.2 Å². The summed E-state index contributed by atoms with van der Waals surface area (Å²) in [6, 6.07) is 4.78. The van der Waals surface area contributed by atoms with Gasteiger partial charge < -0.3 is 5.32 Å². The summed E-state index contributed by atoms with van der Waals surface area (Å²) in [5, 5.41) is 3.59. The van der Waals surface area contributed by atoms with E-state index in [1.807, 2.05) is 12.4 Å². The summed E-state index contributed by atoms with van der Waals surface area (Å²) in [6.45, 7) is 11.6. The fourth-order valence-electron chi connectivity index (χ4n) is 2.81. The third-order valence-corrected chi connectivity index (χ3v) is 4.04. The molecule has 3 heteroatoms. The van der Waals surface area contributed by atoms with Gasteiger partial charge in [-0.3, -0.25) is 9.88 Å². The van der Waals surface area contributed by atoms with E-state index in [2.05, 4.69) is 48.1 Å². The molecule has 2 unspecified atom stereocenters. The van der Waals surface area contributed by atoms with Gasteiger partial charge >= 0.3 is 0 Å². The summed E-state index contributed by atoms with van der Waals surface area (Å²) < 4.78 is 0. The van der Waals surface area contributed by atoms with Gasteiger partial charge in [-0.2, -0.15) is 0 Å². The molecule has 0 radical (unpaired) electrons. The van der Waals surface area contributed by atoms with Crippen molar-refractivity contribution in [2.45, 2.75) is 33.2 Å². The molecule has 1 saturated heterocycles. The zero-order valence-corrected chi connectivity index (χ0v) is 12.5. The van der Waals surface area contributed by atoms with E-state index in [1.54, 1.807) is 0 Å². The van der Waals surface area contributed by atoms with Gasteiger partial charge in [0.25, 0.3) is 0 Å². The molecular weight excluding hydrogens is 234 g/mol. The molecule has 0 aromatic carbocycles. The summed E-state index contributed by atoms with van der Waals surface area (Å²) in [5.74, 6) is 1.55. The largest absolute Gasteiger partial charge is 0.316 e. The highest BCUT2D eigenvalue weighted by molar-refractivity contribution is 5.14. The maximum atomic E-state index is 4.10. The number of rotatable bonds is 6. The van der Waals surface area contributed by atoms with Crippen molar-refractivity contribution in [2.24, 2.45) is 11.8 Å². The summed E-state index contributed by atoms with van der Waals surface area (Å²) in [5.41, 5.74) is 1.38. The van der Waals surface area contributed by atoms with Crippen LogP contribution in [0.25, 0.3) is 0 Å². The van der Waals surface area contributed by atoms with Crippen LogP contribution in [0.5, 0.6) is 0 Å². The van der Waals surface area contributed by atoms with Crippen LogP contribution in [-0.2, 0) is 0 Å². The average molecular weight is 261 g/mol. The van der Waals surface area contributed by atoms with E-state index in [1.165, 1.54) is 25.1 Å². The van der Waals surface area contributed by atoms with Gasteiger partial charge in [-0.1, -0.05) is 13.8 Å². The first-order chi connectivity index (χ1) is 9.16. The Balaban J connectivity index is 1.78. The lowest BCUT2D eigenvalue weighted by Crippen LogP contribution is -2.29. The van der Waals surface area contributed by atoms with E-state index in [0.29, 0.717) is 6.04 Å². The molecule has 0 saturated carbocycles. The molecule has 1 N–H and O–H groups in total. The number of nitrogens with one attached hydrogen (secondary N) is 1. The quantitative estimate of drug-likeness (QED) is 0.853. The van der Waals surface area contributed by atoms with Gasteiger partial charge in [0.1, 0.15) is 0 Å². The van der Waals surface area contributed by atoms with Gasteiger partial charge in [0.05, 0.1) is 0 Å². The highest BCUT2D eigenvalue weighted by Gasteiger charge is 2.26. The summed E-state index contributed by atoms with van der Waals surface area (Å²) in [6.07, 6.45) is 5.10. The third kappa shape index (κ3) is 4.29. The zero-order chi connectivity index (χ0) is 13.7. The van der Waals surface area contributed by atoms with E-state index >= 15 is 0 Å². The molecular formula is C16H27N3. The molecule has 1 aliphatic heterocycles. The molecule has 3 nitrogen and oxygen atoms in total. The highest BCUT2D eigenvalue weighted by atomic mass is 15.2. The Kier molecular flexibility index (Phi) is 5.34. The molecule has 19 heavy (non-hydrogen) atoms. The molecule has 1 aromatic rings. The highest BCUT2D eigenvalue weighted by Crippen LogP contribution is 2.26. The second kappa shape index (κ2) is 7.01. The molecule has 0 spiro atoms. The van der Waals surface area contributed by atoms with Crippen molar-refractivity contribution in [3.63, 3.8) is 0 Å². The van der Waals surface area contributed by atoms with Crippen molar-refractivity contribution in [3.8, 4) is 0 Å². The van der Waals surface area contributed by atoms with Crippen molar-refractivity contribution < 1.29 is 0 Å². The lowest BCUT2D eigenvalue weighted by atomic mass is 10.1. The lowest BCUT2D eigenvalue weighted by molar-refractivity contribution is 0.251. The SMILES string of the molecule is CC(C)CNCC1CCN(C(C)c2ccncc2)C1. The Morgan fingerprint density at radius 2 is 2.05 bits per heavy atom. The smallest absolute Gasteiger partial charge is 0.0321 e. The maximum absolute atomic E-state index is 4.10. The second-order valence-corrected chi connectivity index (χ2v) is 6.16. The molecule has 2 atom stereocenters. The minimum Gasteiger partial charge on any atom is -0.316 e. The molecule has 106 valence electrons. The standard InChI is InChI=1S/C16H27N3/c1-13(2)10-18-11-15-6-9-19(12-15)14(3)16-4-7-17-8-5-16/h4-5,7-8,13-15,18H,6,9-12H2,1-3H3. The predicted octanol–water partition coefficient (Wildman–Crippen LogP) is 2.71. The van der Waals surface area contributed by atoms with E-state index in [4.69, 9.17) is 0 Å². The monoisotopic (exact) mass is 261 g/mol. The van der Waals surface area contributed by atoms with Crippen molar-refractivity contribution >= 4 is 0 Å². The van der Waals surface area contributed by atoms with Crippen molar-refractivity contribution in [1.29, 1.82) is 0 Å². The minimum absolute atomic E-state index is 0.512. The summed E-state index contributed by atoms with van der Waals surface area (Å²) >= 11 is 0. The van der Waals surface area contributed by atoms with Gasteiger partial charge in [-0.05, 0) is 62.5 Å². The van der Waals surface area contributed by atoms with Crippen LogP contribution in [0.15, 0.2) is 24.5 Å². The molecule has 1 aliphatic rings. The number of likely N-dealkylation sites (tertiary alicyclic amines) is 1. The predicted molar refractivity (Wildman–Crippen MR) is 80.0 cm³/mol. The van der Waals surface area contributed by atoms with E-state index in [-0.39, 0.29) is 0 Å². The van der Waals surface area contributed by atoms with Crippen molar-refractivity contribution in [2.75, 3.05) is 26.2 Å². The average Bonchev–Trinajstić information content (AvgIpc) is 2.87. The second-order valence-electron chi connectivity index (χ2n) is 6.16. The molecule has 0 amide bonds. The Hall–Kier alpha value is -0.930. The minimum atomic E-state index is 0.512. The Morgan fingerprint density at radius 1 is 1.32 bits per heavy atom. The maximum Gasteiger partial charge on any atom is 0.0321 e. The van der Waals surface area contributed by atoms with E-state index in [0.717, 1.165) is 24.9 Å². The Morgan fingerprint density at radius 3 is 2.74 bits per heavy atom. The summed E-state index contributed by atoms with van der Waals surface area (Å²) in [7, 11) is 0. The first-order valence-electron chi connectivity index (χ1n) is 7.51. The lowest BCUT2D eigenvalue weighted by Gasteiger charge is -2.24. The van der Waals surface area contributed by atoms with Gasteiger partial charge in [0.15, 0.2) is 0 Å². The number of aromatic nitrogens is 1. The van der Waals surface area contributed by atoms with Crippen LogP contribution in [0.2, 0.25) is 0 Å². The van der Waals surface area contributed by atoms with Crippen LogP contribution in [0.1, 0.15) is 38.8 Å². The van der Waals surface area contributed by atoms with Crippen molar-refractivity contribution in [1.82, 2.24) is 15.2 Å². The Labute approximate surface area is 117 Å². The number of hydrogen-bond donors (Lipinski definition) is 1. The normalized spacial score (nSPS) is 22.0. The molecule has 2 rings (SSSR count). The summed E-state index contributed by atoms with van der Waals surface area (Å²) in [4.78, 5) is 6.69. The first kappa shape index (κ1) is 14.5. The van der Waals surface area contributed by atoms with Crippen LogP contribution in [0.3, 0.4) is 0 Å². The number of hydrogen-bond acceptors (Lipinski definition) is 3. The fraction of sp³-hybridized carbons (Fsp3) is 0.688. The van der Waals surface area contributed by atoms with Crippen molar-refractivity contribution in [3.05, 3.63) is 30.1 Å². The molecule has 2 heterocycles.